The summed E-state index contributed by atoms with van der Waals surface area (Å²) in [6.07, 6.45) is -0.621. The average Bonchev–Trinajstić information content (AvgIpc) is 2.28. The van der Waals surface area contributed by atoms with Crippen LogP contribution in [0.3, 0.4) is 0 Å². The number of nitrogen functional groups attached to an aromatic ring is 1. The standard InChI is InChI=1S/C6H11N3OS/c1-3-5(4(10)2-7)11-6(8)9-3/h4,10H,2,7H2,1H3,(H2,8,9). The second-order valence-corrected chi connectivity index (χ2v) is 3.32. The van der Waals surface area contributed by atoms with Gasteiger partial charge in [0.05, 0.1) is 10.6 Å². The number of rotatable bonds is 2. The molecule has 5 N–H and O–H groups in total. The lowest BCUT2D eigenvalue weighted by molar-refractivity contribution is 0.189. The van der Waals surface area contributed by atoms with Crippen LogP contribution in [0.4, 0.5) is 5.13 Å². The number of nitrogens with zero attached hydrogens (tertiary/aromatic N) is 1. The molecule has 5 heteroatoms. The number of anilines is 1. The number of hydrogen-bond acceptors (Lipinski definition) is 5. The number of aromatic nitrogens is 1. The molecule has 1 rings (SSSR count). The van der Waals surface area contributed by atoms with E-state index in [1.165, 1.54) is 11.3 Å². The first kappa shape index (κ1) is 8.45. The van der Waals surface area contributed by atoms with Crippen LogP contribution >= 0.6 is 11.3 Å². The minimum Gasteiger partial charge on any atom is -0.386 e. The maximum Gasteiger partial charge on any atom is 0.180 e. The molecule has 0 radical (unpaired) electrons. The van der Waals surface area contributed by atoms with Crippen molar-refractivity contribution in [2.24, 2.45) is 5.73 Å². The van der Waals surface area contributed by atoms with Crippen LogP contribution in [-0.4, -0.2) is 16.6 Å². The molecule has 0 aliphatic rings. The van der Waals surface area contributed by atoms with Crippen molar-refractivity contribution in [3.8, 4) is 0 Å². The predicted octanol–water partition coefficient (Wildman–Crippen LogP) is 0.0258. The summed E-state index contributed by atoms with van der Waals surface area (Å²) >= 11 is 1.28. The van der Waals surface area contributed by atoms with Gasteiger partial charge in [-0.15, -0.1) is 0 Å². The maximum atomic E-state index is 9.31. The van der Waals surface area contributed by atoms with Crippen molar-refractivity contribution in [2.45, 2.75) is 13.0 Å². The molecule has 62 valence electrons. The van der Waals surface area contributed by atoms with Crippen LogP contribution in [0.5, 0.6) is 0 Å². The van der Waals surface area contributed by atoms with Crippen LogP contribution < -0.4 is 11.5 Å². The lowest BCUT2D eigenvalue weighted by Gasteiger charge is -2.03. The summed E-state index contributed by atoms with van der Waals surface area (Å²) < 4.78 is 0. The zero-order valence-electron chi connectivity index (χ0n) is 6.24. The Bertz CT molecular complexity index is 248. The summed E-state index contributed by atoms with van der Waals surface area (Å²) in [5, 5.41) is 9.79. The van der Waals surface area contributed by atoms with Crippen LogP contribution in [0.25, 0.3) is 0 Å². The predicted molar refractivity (Wildman–Crippen MR) is 45.3 cm³/mol. The molecule has 4 nitrogen and oxygen atoms in total. The second kappa shape index (κ2) is 3.17. The Kier molecular flexibility index (Phi) is 2.43. The Morgan fingerprint density at radius 1 is 1.73 bits per heavy atom. The summed E-state index contributed by atoms with van der Waals surface area (Å²) in [5.74, 6) is 0. The molecule has 0 spiro atoms. The van der Waals surface area contributed by atoms with Crippen molar-refractivity contribution in [1.82, 2.24) is 4.98 Å². The number of hydrogen-bond donors (Lipinski definition) is 3. The van der Waals surface area contributed by atoms with Crippen LogP contribution in [-0.2, 0) is 0 Å². The van der Waals surface area contributed by atoms with Gasteiger partial charge in [0.2, 0.25) is 0 Å². The molecule has 1 unspecified atom stereocenters. The van der Waals surface area contributed by atoms with E-state index >= 15 is 0 Å². The minimum atomic E-state index is -0.621. The number of thiazole rings is 1. The van der Waals surface area contributed by atoms with Crippen molar-refractivity contribution in [1.29, 1.82) is 0 Å². The SMILES string of the molecule is Cc1nc(N)sc1C(O)CN. The summed E-state index contributed by atoms with van der Waals surface area (Å²) in [6, 6.07) is 0. The van der Waals surface area contributed by atoms with Crippen LogP contribution in [0.2, 0.25) is 0 Å². The van der Waals surface area contributed by atoms with Crippen LogP contribution in [0.15, 0.2) is 0 Å². The molecule has 0 saturated heterocycles. The minimum absolute atomic E-state index is 0.211. The van der Waals surface area contributed by atoms with E-state index in [1.54, 1.807) is 6.92 Å². The number of aliphatic hydroxyl groups excluding tert-OH is 1. The van der Waals surface area contributed by atoms with Crippen molar-refractivity contribution in [3.63, 3.8) is 0 Å². The van der Waals surface area contributed by atoms with Gasteiger partial charge in [-0.25, -0.2) is 4.98 Å². The number of aryl methyl sites for hydroxylation is 1. The van der Waals surface area contributed by atoms with Gasteiger partial charge in [0.1, 0.15) is 6.10 Å². The third-order valence-corrected chi connectivity index (χ3v) is 2.46. The van der Waals surface area contributed by atoms with Crippen molar-refractivity contribution in [2.75, 3.05) is 12.3 Å². The van der Waals surface area contributed by atoms with Gasteiger partial charge in [-0.2, -0.15) is 0 Å². The molecular weight excluding hydrogens is 162 g/mol. The zero-order chi connectivity index (χ0) is 8.43. The van der Waals surface area contributed by atoms with Gasteiger partial charge >= 0.3 is 0 Å². The van der Waals surface area contributed by atoms with Crippen LogP contribution in [0, 0.1) is 6.92 Å². The van der Waals surface area contributed by atoms with Gasteiger partial charge in [0.25, 0.3) is 0 Å². The van der Waals surface area contributed by atoms with Gasteiger partial charge in [-0.05, 0) is 6.92 Å². The fraction of sp³-hybridized carbons (Fsp3) is 0.500. The summed E-state index contributed by atoms with van der Waals surface area (Å²) in [7, 11) is 0. The molecule has 0 aromatic carbocycles. The van der Waals surface area contributed by atoms with E-state index in [1.807, 2.05) is 0 Å². The van der Waals surface area contributed by atoms with E-state index < -0.39 is 6.10 Å². The fourth-order valence-corrected chi connectivity index (χ4v) is 1.68. The highest BCUT2D eigenvalue weighted by molar-refractivity contribution is 7.15. The third kappa shape index (κ3) is 1.68. The Labute approximate surface area is 68.9 Å². The van der Waals surface area contributed by atoms with Gasteiger partial charge < -0.3 is 16.6 Å². The fourth-order valence-electron chi connectivity index (χ4n) is 0.846. The summed E-state index contributed by atoms with van der Waals surface area (Å²) in [4.78, 5) is 4.73. The molecule has 1 heterocycles. The topological polar surface area (TPSA) is 85.2 Å². The molecule has 1 atom stereocenters. The van der Waals surface area contributed by atoms with Crippen molar-refractivity contribution >= 4 is 16.5 Å². The Balaban J connectivity index is 2.93. The molecule has 0 aliphatic heterocycles. The average molecular weight is 173 g/mol. The van der Waals surface area contributed by atoms with Gasteiger partial charge in [0, 0.05) is 6.54 Å². The highest BCUT2D eigenvalue weighted by Gasteiger charge is 2.12. The van der Waals surface area contributed by atoms with E-state index in [2.05, 4.69) is 4.98 Å². The lowest BCUT2D eigenvalue weighted by Crippen LogP contribution is -2.10. The van der Waals surface area contributed by atoms with E-state index in [4.69, 9.17) is 11.5 Å². The molecule has 1 aromatic rings. The molecule has 0 fully saturated rings. The highest BCUT2D eigenvalue weighted by Crippen LogP contribution is 2.25. The van der Waals surface area contributed by atoms with E-state index in [0.717, 1.165) is 10.6 Å². The van der Waals surface area contributed by atoms with Crippen molar-refractivity contribution < 1.29 is 5.11 Å². The third-order valence-electron chi connectivity index (χ3n) is 1.37. The first-order valence-corrected chi connectivity index (χ1v) is 4.07. The van der Waals surface area contributed by atoms with Crippen LogP contribution in [0.1, 0.15) is 16.7 Å². The van der Waals surface area contributed by atoms with Gasteiger partial charge in [0.15, 0.2) is 5.13 Å². The summed E-state index contributed by atoms with van der Waals surface area (Å²) in [6.45, 7) is 2.02. The second-order valence-electron chi connectivity index (χ2n) is 2.25. The Morgan fingerprint density at radius 2 is 2.36 bits per heavy atom. The molecular formula is C6H11N3OS. The molecule has 0 bridgehead atoms. The maximum absolute atomic E-state index is 9.31. The highest BCUT2D eigenvalue weighted by atomic mass is 32.1. The Hall–Kier alpha value is -0.650. The summed E-state index contributed by atoms with van der Waals surface area (Å²) in [5.41, 5.74) is 11.5. The van der Waals surface area contributed by atoms with E-state index in [9.17, 15) is 5.11 Å². The molecule has 0 aliphatic carbocycles. The normalized spacial score (nSPS) is 13.4. The first-order chi connectivity index (χ1) is 5.15. The quantitative estimate of drug-likeness (QED) is 0.589. The molecule has 11 heavy (non-hydrogen) atoms. The number of nitrogens with two attached hydrogens (primary N) is 2. The lowest BCUT2D eigenvalue weighted by atomic mass is 10.2. The Morgan fingerprint density at radius 3 is 2.73 bits per heavy atom. The van der Waals surface area contributed by atoms with Gasteiger partial charge in [-0.3, -0.25) is 0 Å². The zero-order valence-corrected chi connectivity index (χ0v) is 7.06. The molecule has 1 aromatic heterocycles. The monoisotopic (exact) mass is 173 g/mol. The van der Waals surface area contributed by atoms with E-state index in [-0.39, 0.29) is 6.54 Å². The number of aliphatic hydroxyl groups is 1. The largest absolute Gasteiger partial charge is 0.386 e. The molecule has 0 amide bonds. The first-order valence-electron chi connectivity index (χ1n) is 3.26. The van der Waals surface area contributed by atoms with E-state index in [0.29, 0.717) is 5.13 Å². The smallest absolute Gasteiger partial charge is 0.180 e. The van der Waals surface area contributed by atoms with Crippen molar-refractivity contribution in [3.05, 3.63) is 10.6 Å². The van der Waals surface area contributed by atoms with Gasteiger partial charge in [-0.1, -0.05) is 11.3 Å². The molecule has 0 saturated carbocycles.